The van der Waals surface area contributed by atoms with Crippen molar-refractivity contribution < 1.29 is 0 Å². The van der Waals surface area contributed by atoms with Gasteiger partial charge in [-0.05, 0) is 42.7 Å². The first-order valence-electron chi connectivity index (χ1n) is 7.39. The first-order chi connectivity index (χ1) is 10.3. The number of aromatic nitrogens is 1. The molecule has 0 saturated heterocycles. The second-order valence-corrected chi connectivity index (χ2v) is 5.32. The zero-order valence-corrected chi connectivity index (χ0v) is 12.5. The Morgan fingerprint density at radius 3 is 2.24 bits per heavy atom. The van der Waals surface area contributed by atoms with Gasteiger partial charge in [0.05, 0.1) is 5.69 Å². The molecule has 0 bridgehead atoms. The first kappa shape index (κ1) is 13.6. The summed E-state index contributed by atoms with van der Waals surface area (Å²) in [5.41, 5.74) is 7.10. The van der Waals surface area contributed by atoms with Crippen molar-refractivity contribution in [1.82, 2.24) is 4.98 Å². The van der Waals surface area contributed by atoms with Gasteiger partial charge < -0.3 is 0 Å². The maximum Gasteiger partial charge on any atom is 0.0711 e. The predicted octanol–water partition coefficient (Wildman–Crippen LogP) is 5.29. The molecule has 1 aromatic heterocycles. The lowest BCUT2D eigenvalue weighted by molar-refractivity contribution is 1.04. The Labute approximate surface area is 126 Å². The van der Waals surface area contributed by atoms with Crippen molar-refractivity contribution in [2.75, 3.05) is 0 Å². The van der Waals surface area contributed by atoms with Crippen LogP contribution in [0.15, 0.2) is 66.7 Å². The molecule has 1 nitrogen and oxygen atoms in total. The minimum absolute atomic E-state index is 0.944. The van der Waals surface area contributed by atoms with Crippen LogP contribution >= 0.6 is 0 Å². The highest BCUT2D eigenvalue weighted by Crippen LogP contribution is 2.26. The van der Waals surface area contributed by atoms with E-state index in [9.17, 15) is 0 Å². The molecule has 3 aromatic rings. The molecule has 0 fully saturated rings. The van der Waals surface area contributed by atoms with Gasteiger partial charge in [0.15, 0.2) is 0 Å². The second kappa shape index (κ2) is 5.92. The van der Waals surface area contributed by atoms with E-state index in [1.54, 1.807) is 0 Å². The number of pyridine rings is 1. The van der Waals surface area contributed by atoms with Crippen LogP contribution in [0.5, 0.6) is 0 Å². The van der Waals surface area contributed by atoms with Gasteiger partial charge in [0, 0.05) is 11.3 Å². The molecule has 0 atom stereocenters. The van der Waals surface area contributed by atoms with Crippen LogP contribution in [0.1, 0.15) is 18.2 Å². The van der Waals surface area contributed by atoms with E-state index >= 15 is 0 Å². The Bertz CT molecular complexity index is 745. The Hall–Kier alpha value is -2.41. The Balaban J connectivity index is 2.14. The van der Waals surface area contributed by atoms with Gasteiger partial charge in [-0.2, -0.15) is 0 Å². The van der Waals surface area contributed by atoms with Gasteiger partial charge in [-0.15, -0.1) is 0 Å². The van der Waals surface area contributed by atoms with Gasteiger partial charge in [0.1, 0.15) is 0 Å². The first-order valence-corrected chi connectivity index (χ1v) is 7.39. The fourth-order valence-corrected chi connectivity index (χ4v) is 2.52. The van der Waals surface area contributed by atoms with Crippen molar-refractivity contribution >= 4 is 0 Å². The number of nitrogens with zero attached hydrogens (tertiary/aromatic N) is 1. The average Bonchev–Trinajstić information content (AvgIpc) is 2.55. The monoisotopic (exact) mass is 273 g/mol. The van der Waals surface area contributed by atoms with Gasteiger partial charge >= 0.3 is 0 Å². The maximum absolute atomic E-state index is 4.79. The van der Waals surface area contributed by atoms with Crippen molar-refractivity contribution in [1.29, 1.82) is 0 Å². The third-order valence-corrected chi connectivity index (χ3v) is 3.66. The summed E-state index contributed by atoms with van der Waals surface area (Å²) in [6.45, 7) is 4.27. The van der Waals surface area contributed by atoms with E-state index in [0.717, 1.165) is 17.8 Å². The molecule has 3 rings (SSSR count). The van der Waals surface area contributed by atoms with Crippen molar-refractivity contribution in [3.8, 4) is 22.4 Å². The molecule has 0 N–H and O–H groups in total. The van der Waals surface area contributed by atoms with Gasteiger partial charge in [-0.3, -0.25) is 4.98 Å². The van der Waals surface area contributed by atoms with Crippen molar-refractivity contribution in [3.63, 3.8) is 0 Å². The topological polar surface area (TPSA) is 12.9 Å². The van der Waals surface area contributed by atoms with Crippen LogP contribution in [0.25, 0.3) is 22.4 Å². The fraction of sp³-hybridized carbons (Fsp3) is 0.150. The van der Waals surface area contributed by atoms with Crippen molar-refractivity contribution in [2.24, 2.45) is 0 Å². The molecule has 0 amide bonds. The number of rotatable bonds is 3. The molecule has 1 heteroatoms. The molecule has 0 aliphatic heterocycles. The van der Waals surface area contributed by atoms with Gasteiger partial charge in [-0.1, -0.05) is 61.0 Å². The molecule has 0 spiro atoms. The van der Waals surface area contributed by atoms with Crippen LogP contribution in [-0.4, -0.2) is 4.98 Å². The fourth-order valence-electron chi connectivity index (χ4n) is 2.52. The van der Waals surface area contributed by atoms with E-state index in [0.29, 0.717) is 0 Å². The molecule has 0 aliphatic rings. The molecule has 104 valence electrons. The summed E-state index contributed by atoms with van der Waals surface area (Å²) in [5, 5.41) is 0. The van der Waals surface area contributed by atoms with E-state index in [-0.39, 0.29) is 0 Å². The standard InChI is InChI=1S/C20H19N/c1-3-19-13-18(16-9-5-4-6-10-16)14-20(21-19)17-11-7-8-15(2)12-17/h4-14H,3H2,1-2H3. The molecular formula is C20H19N. The van der Waals surface area contributed by atoms with E-state index < -0.39 is 0 Å². The summed E-state index contributed by atoms with van der Waals surface area (Å²) < 4.78 is 0. The van der Waals surface area contributed by atoms with Crippen LogP contribution in [0.4, 0.5) is 0 Å². The van der Waals surface area contributed by atoms with Gasteiger partial charge in [0.25, 0.3) is 0 Å². The highest BCUT2D eigenvalue weighted by atomic mass is 14.7. The summed E-state index contributed by atoms with van der Waals surface area (Å²) in [7, 11) is 0. The summed E-state index contributed by atoms with van der Waals surface area (Å²) in [6, 6.07) is 23.4. The van der Waals surface area contributed by atoms with Crippen LogP contribution in [0, 0.1) is 6.92 Å². The Kier molecular flexibility index (Phi) is 3.83. The zero-order chi connectivity index (χ0) is 14.7. The minimum Gasteiger partial charge on any atom is -0.253 e. The zero-order valence-electron chi connectivity index (χ0n) is 12.5. The Morgan fingerprint density at radius 2 is 1.52 bits per heavy atom. The van der Waals surface area contributed by atoms with Gasteiger partial charge in [0.2, 0.25) is 0 Å². The Morgan fingerprint density at radius 1 is 0.762 bits per heavy atom. The maximum atomic E-state index is 4.79. The number of aryl methyl sites for hydroxylation is 2. The summed E-state index contributed by atoms with van der Waals surface area (Å²) in [6.07, 6.45) is 0.944. The van der Waals surface area contributed by atoms with Crippen LogP contribution in [0.3, 0.4) is 0 Å². The van der Waals surface area contributed by atoms with E-state index in [1.807, 2.05) is 6.07 Å². The lowest BCUT2D eigenvalue weighted by atomic mass is 10.0. The third kappa shape index (κ3) is 3.03. The van der Waals surface area contributed by atoms with E-state index in [1.165, 1.54) is 22.3 Å². The van der Waals surface area contributed by atoms with Crippen LogP contribution in [0.2, 0.25) is 0 Å². The average molecular weight is 273 g/mol. The molecular weight excluding hydrogens is 254 g/mol. The number of hydrogen-bond donors (Lipinski definition) is 0. The predicted molar refractivity (Wildman–Crippen MR) is 89.2 cm³/mol. The lowest BCUT2D eigenvalue weighted by Gasteiger charge is -2.09. The normalized spacial score (nSPS) is 10.6. The summed E-state index contributed by atoms with van der Waals surface area (Å²) in [4.78, 5) is 4.79. The highest BCUT2D eigenvalue weighted by molar-refractivity contribution is 5.71. The SMILES string of the molecule is CCc1cc(-c2ccccc2)cc(-c2cccc(C)c2)n1. The van der Waals surface area contributed by atoms with Crippen LogP contribution < -0.4 is 0 Å². The second-order valence-electron chi connectivity index (χ2n) is 5.32. The highest BCUT2D eigenvalue weighted by Gasteiger charge is 2.06. The third-order valence-electron chi connectivity index (χ3n) is 3.66. The van der Waals surface area contributed by atoms with Crippen molar-refractivity contribution in [3.05, 3.63) is 78.0 Å². The molecule has 21 heavy (non-hydrogen) atoms. The lowest BCUT2D eigenvalue weighted by Crippen LogP contribution is -1.93. The molecule has 0 saturated carbocycles. The number of hydrogen-bond acceptors (Lipinski definition) is 1. The molecule has 0 radical (unpaired) electrons. The molecule has 0 unspecified atom stereocenters. The van der Waals surface area contributed by atoms with Crippen LogP contribution in [-0.2, 0) is 6.42 Å². The quantitative estimate of drug-likeness (QED) is 0.632. The van der Waals surface area contributed by atoms with E-state index in [2.05, 4.69) is 74.5 Å². The summed E-state index contributed by atoms with van der Waals surface area (Å²) >= 11 is 0. The molecule has 0 aliphatic carbocycles. The smallest absolute Gasteiger partial charge is 0.0711 e. The molecule has 1 heterocycles. The minimum atomic E-state index is 0.944. The largest absolute Gasteiger partial charge is 0.253 e. The van der Waals surface area contributed by atoms with Gasteiger partial charge in [-0.25, -0.2) is 0 Å². The van der Waals surface area contributed by atoms with Crippen molar-refractivity contribution in [2.45, 2.75) is 20.3 Å². The van der Waals surface area contributed by atoms with E-state index in [4.69, 9.17) is 4.98 Å². The summed E-state index contributed by atoms with van der Waals surface area (Å²) in [5.74, 6) is 0. The number of benzene rings is 2. The molecule has 2 aromatic carbocycles.